The van der Waals surface area contributed by atoms with Crippen LogP contribution in [-0.2, 0) is 20.8 Å². The van der Waals surface area contributed by atoms with E-state index in [1.807, 2.05) is 0 Å². The molecule has 0 radical (unpaired) electrons. The van der Waals surface area contributed by atoms with Crippen molar-refractivity contribution in [2.75, 3.05) is 39.3 Å². The molecule has 1 atom stereocenters. The summed E-state index contributed by atoms with van der Waals surface area (Å²) in [5.41, 5.74) is 2.66. The minimum Gasteiger partial charge on any atom is -0.471 e. The van der Waals surface area contributed by atoms with E-state index >= 15 is 0 Å². The summed E-state index contributed by atoms with van der Waals surface area (Å²) in [4.78, 5) is 17.5. The zero-order valence-electron chi connectivity index (χ0n) is 21.5. The molecule has 1 spiro atoms. The van der Waals surface area contributed by atoms with Gasteiger partial charge >= 0.3 is 0 Å². The summed E-state index contributed by atoms with van der Waals surface area (Å²) in [6.45, 7) is 13.1. The summed E-state index contributed by atoms with van der Waals surface area (Å²) in [6.07, 6.45) is 8.73. The number of hydrogen-bond acceptors (Lipinski definition) is 5. The van der Waals surface area contributed by atoms with Crippen LogP contribution in [0.4, 0.5) is 0 Å². The number of likely N-dealkylation sites (tertiary alicyclic amines) is 1. The van der Waals surface area contributed by atoms with Gasteiger partial charge in [-0.1, -0.05) is 29.8 Å². The Kier molecular flexibility index (Phi) is 7.68. The Hall–Kier alpha value is -2.05. The van der Waals surface area contributed by atoms with Crippen molar-refractivity contribution in [1.82, 2.24) is 15.1 Å². The van der Waals surface area contributed by atoms with Crippen molar-refractivity contribution in [2.24, 2.45) is 11.8 Å². The van der Waals surface area contributed by atoms with Crippen LogP contribution in [0.15, 0.2) is 36.7 Å². The van der Waals surface area contributed by atoms with Crippen LogP contribution in [0.1, 0.15) is 62.5 Å². The second-order valence-electron chi connectivity index (χ2n) is 11.4. The molecule has 1 unspecified atom stereocenters. The Morgan fingerprint density at radius 2 is 1.97 bits per heavy atom. The SMILES string of the molecule is C=C1OC2(CCN(Cc3cccc(C)c3)CC2)CN1CC1CCC(C(=O)NCC2CCCO2)CC1. The van der Waals surface area contributed by atoms with Crippen molar-refractivity contribution in [3.05, 3.63) is 47.9 Å². The molecule has 0 bridgehead atoms. The Bertz CT molecular complexity index is 881. The molecule has 192 valence electrons. The Balaban J connectivity index is 1.04. The molecular weight excluding hydrogens is 438 g/mol. The maximum Gasteiger partial charge on any atom is 0.223 e. The van der Waals surface area contributed by atoms with Crippen molar-refractivity contribution in [3.63, 3.8) is 0 Å². The molecule has 3 saturated heterocycles. The molecule has 1 amide bonds. The highest BCUT2D eigenvalue weighted by Gasteiger charge is 2.45. The largest absolute Gasteiger partial charge is 0.471 e. The smallest absolute Gasteiger partial charge is 0.223 e. The number of carbonyl (C=O) groups is 1. The fourth-order valence-electron chi connectivity index (χ4n) is 6.48. The Morgan fingerprint density at radius 1 is 1.17 bits per heavy atom. The number of benzene rings is 1. The van der Waals surface area contributed by atoms with Crippen LogP contribution in [-0.4, -0.2) is 66.7 Å². The van der Waals surface area contributed by atoms with Crippen LogP contribution in [0.5, 0.6) is 0 Å². The van der Waals surface area contributed by atoms with E-state index in [0.717, 1.165) is 96.6 Å². The molecule has 4 fully saturated rings. The highest BCUT2D eigenvalue weighted by atomic mass is 16.5. The minimum atomic E-state index is -0.0699. The fourth-order valence-corrected chi connectivity index (χ4v) is 6.48. The monoisotopic (exact) mass is 481 g/mol. The quantitative estimate of drug-likeness (QED) is 0.632. The molecule has 6 heteroatoms. The van der Waals surface area contributed by atoms with Gasteiger partial charge in [0, 0.05) is 58.1 Å². The van der Waals surface area contributed by atoms with Crippen LogP contribution in [0.3, 0.4) is 0 Å². The van der Waals surface area contributed by atoms with Crippen LogP contribution in [0.25, 0.3) is 0 Å². The standard InChI is InChI=1S/C29H43N3O3/c1-22-5-3-6-25(17-22)19-31-14-12-29(13-15-31)21-32(23(2)35-29)20-24-8-10-26(11-9-24)28(33)30-18-27-7-4-16-34-27/h3,5-6,17,24,26-27H,2,4,7-16,18-21H2,1H3,(H,30,33). The molecule has 4 aliphatic rings. The van der Waals surface area contributed by atoms with E-state index in [2.05, 4.69) is 52.9 Å². The van der Waals surface area contributed by atoms with Crippen LogP contribution < -0.4 is 5.32 Å². The van der Waals surface area contributed by atoms with Gasteiger partial charge in [0.1, 0.15) is 5.60 Å². The summed E-state index contributed by atoms with van der Waals surface area (Å²) >= 11 is 0. The number of piperidine rings is 1. The van der Waals surface area contributed by atoms with Gasteiger partial charge < -0.3 is 19.7 Å². The van der Waals surface area contributed by atoms with Gasteiger partial charge in [-0.3, -0.25) is 9.69 Å². The first kappa shape index (κ1) is 24.6. The zero-order chi connectivity index (χ0) is 24.3. The molecule has 5 rings (SSSR count). The van der Waals surface area contributed by atoms with E-state index < -0.39 is 0 Å². The van der Waals surface area contributed by atoms with Crippen LogP contribution >= 0.6 is 0 Å². The highest BCUT2D eigenvalue weighted by Crippen LogP contribution is 2.39. The van der Waals surface area contributed by atoms with E-state index in [1.165, 1.54) is 11.1 Å². The second kappa shape index (κ2) is 10.9. The number of carbonyl (C=O) groups excluding carboxylic acids is 1. The summed E-state index contributed by atoms with van der Waals surface area (Å²) in [5, 5.41) is 3.14. The number of nitrogens with zero attached hydrogens (tertiary/aromatic N) is 2. The molecule has 1 aromatic rings. The second-order valence-corrected chi connectivity index (χ2v) is 11.4. The molecule has 3 aliphatic heterocycles. The van der Waals surface area contributed by atoms with E-state index in [1.54, 1.807) is 0 Å². The normalized spacial score (nSPS) is 28.9. The topological polar surface area (TPSA) is 54.0 Å². The predicted molar refractivity (Wildman–Crippen MR) is 138 cm³/mol. The lowest BCUT2D eigenvalue weighted by Gasteiger charge is -2.38. The average Bonchev–Trinajstić information content (AvgIpc) is 3.48. The molecule has 35 heavy (non-hydrogen) atoms. The molecule has 0 aromatic heterocycles. The summed E-state index contributed by atoms with van der Waals surface area (Å²) < 4.78 is 12.1. The third-order valence-corrected chi connectivity index (χ3v) is 8.65. The number of amides is 1. The average molecular weight is 482 g/mol. The van der Waals surface area contributed by atoms with E-state index in [4.69, 9.17) is 9.47 Å². The Labute approximate surface area is 211 Å². The molecular formula is C29H43N3O3. The third-order valence-electron chi connectivity index (χ3n) is 8.65. The summed E-state index contributed by atoms with van der Waals surface area (Å²) in [5.74, 6) is 1.86. The van der Waals surface area contributed by atoms with E-state index in [-0.39, 0.29) is 23.5 Å². The summed E-state index contributed by atoms with van der Waals surface area (Å²) in [6, 6.07) is 8.84. The number of rotatable bonds is 7. The molecule has 1 N–H and O–H groups in total. The van der Waals surface area contributed by atoms with Crippen molar-refractivity contribution in [1.29, 1.82) is 0 Å². The van der Waals surface area contributed by atoms with Gasteiger partial charge in [0.05, 0.1) is 12.6 Å². The van der Waals surface area contributed by atoms with Gasteiger partial charge in [-0.25, -0.2) is 0 Å². The molecule has 1 aromatic carbocycles. The Morgan fingerprint density at radius 3 is 2.69 bits per heavy atom. The van der Waals surface area contributed by atoms with Gasteiger partial charge in [0.25, 0.3) is 0 Å². The van der Waals surface area contributed by atoms with Crippen molar-refractivity contribution < 1.29 is 14.3 Å². The molecule has 6 nitrogen and oxygen atoms in total. The van der Waals surface area contributed by atoms with Gasteiger partial charge in [-0.2, -0.15) is 0 Å². The molecule has 1 aliphatic carbocycles. The van der Waals surface area contributed by atoms with Crippen LogP contribution in [0, 0.1) is 18.8 Å². The van der Waals surface area contributed by atoms with Gasteiger partial charge in [0.2, 0.25) is 5.91 Å². The lowest BCUT2D eigenvalue weighted by Crippen LogP contribution is -2.47. The van der Waals surface area contributed by atoms with Gasteiger partial charge in [-0.05, 0) is 63.5 Å². The van der Waals surface area contributed by atoms with Crippen LogP contribution in [0.2, 0.25) is 0 Å². The van der Waals surface area contributed by atoms with E-state index in [9.17, 15) is 4.79 Å². The predicted octanol–water partition coefficient (Wildman–Crippen LogP) is 4.23. The molecule has 1 saturated carbocycles. The van der Waals surface area contributed by atoms with Gasteiger partial charge in [-0.15, -0.1) is 0 Å². The van der Waals surface area contributed by atoms with Crippen molar-refractivity contribution in [2.45, 2.75) is 76.5 Å². The highest BCUT2D eigenvalue weighted by molar-refractivity contribution is 5.78. The maximum absolute atomic E-state index is 12.6. The lowest BCUT2D eigenvalue weighted by molar-refractivity contribution is -0.126. The van der Waals surface area contributed by atoms with Crippen molar-refractivity contribution in [3.8, 4) is 0 Å². The minimum absolute atomic E-state index is 0.0699. The first-order valence-corrected chi connectivity index (χ1v) is 13.8. The summed E-state index contributed by atoms with van der Waals surface area (Å²) in [7, 11) is 0. The van der Waals surface area contributed by atoms with Crippen molar-refractivity contribution >= 4 is 5.91 Å². The number of aryl methyl sites for hydroxylation is 1. The number of hydrogen-bond donors (Lipinski definition) is 1. The first-order chi connectivity index (χ1) is 17.0. The molecule has 3 heterocycles. The maximum atomic E-state index is 12.6. The van der Waals surface area contributed by atoms with E-state index in [0.29, 0.717) is 12.5 Å². The van der Waals surface area contributed by atoms with Gasteiger partial charge in [0.15, 0.2) is 5.88 Å². The first-order valence-electron chi connectivity index (χ1n) is 13.8. The lowest BCUT2D eigenvalue weighted by atomic mass is 9.81. The third kappa shape index (κ3) is 6.21. The fraction of sp³-hybridized carbons (Fsp3) is 0.690. The number of ether oxygens (including phenoxy) is 2. The number of nitrogens with one attached hydrogen (secondary N) is 1. The zero-order valence-corrected chi connectivity index (χ0v) is 21.5.